The zero-order valence-corrected chi connectivity index (χ0v) is 17.0. The fourth-order valence-corrected chi connectivity index (χ4v) is 3.13. The molecule has 1 aliphatic rings. The molecule has 0 atom stereocenters. The number of carbonyl (C=O) groups excluding carboxylic acids is 3. The zero-order chi connectivity index (χ0) is 21.5. The third-order valence-corrected chi connectivity index (χ3v) is 4.57. The fraction of sp³-hybridized carbons (Fsp3) is 0.318. The highest BCUT2D eigenvalue weighted by molar-refractivity contribution is 5.97. The van der Waals surface area contributed by atoms with Gasteiger partial charge in [0, 0.05) is 24.3 Å². The average Bonchev–Trinajstić information content (AvgIpc) is 3.18. The predicted octanol–water partition coefficient (Wildman–Crippen LogP) is 3.02. The maximum Gasteiger partial charge on any atom is 0.338 e. The summed E-state index contributed by atoms with van der Waals surface area (Å²) in [7, 11) is 1.51. The predicted molar refractivity (Wildman–Crippen MR) is 111 cm³/mol. The lowest BCUT2D eigenvalue weighted by Crippen LogP contribution is -2.23. The second-order valence-corrected chi connectivity index (χ2v) is 6.62. The Morgan fingerprint density at radius 1 is 1.10 bits per heavy atom. The molecule has 3 rings (SSSR count). The molecule has 30 heavy (non-hydrogen) atoms. The van der Waals surface area contributed by atoms with E-state index in [9.17, 15) is 14.4 Å². The largest absolute Gasteiger partial charge is 0.493 e. The zero-order valence-electron chi connectivity index (χ0n) is 17.0. The molecule has 8 nitrogen and oxygen atoms in total. The van der Waals surface area contributed by atoms with Gasteiger partial charge in [-0.25, -0.2) is 4.79 Å². The summed E-state index contributed by atoms with van der Waals surface area (Å²) in [5.41, 5.74) is 1.60. The van der Waals surface area contributed by atoms with E-state index >= 15 is 0 Å². The molecule has 1 N–H and O–H groups in total. The molecule has 1 heterocycles. The van der Waals surface area contributed by atoms with Crippen molar-refractivity contribution < 1.29 is 28.6 Å². The van der Waals surface area contributed by atoms with Crippen LogP contribution in [0.2, 0.25) is 0 Å². The summed E-state index contributed by atoms with van der Waals surface area (Å²) < 4.78 is 15.7. The smallest absolute Gasteiger partial charge is 0.338 e. The van der Waals surface area contributed by atoms with Crippen molar-refractivity contribution >= 4 is 29.2 Å². The molecule has 0 aliphatic carbocycles. The van der Waals surface area contributed by atoms with E-state index in [-0.39, 0.29) is 11.5 Å². The topological polar surface area (TPSA) is 94.2 Å². The molecule has 8 heteroatoms. The molecule has 1 aliphatic heterocycles. The van der Waals surface area contributed by atoms with E-state index in [0.29, 0.717) is 36.8 Å². The van der Waals surface area contributed by atoms with Crippen LogP contribution in [0.3, 0.4) is 0 Å². The van der Waals surface area contributed by atoms with Crippen molar-refractivity contribution in [2.75, 3.05) is 37.1 Å². The van der Waals surface area contributed by atoms with Gasteiger partial charge >= 0.3 is 5.97 Å². The van der Waals surface area contributed by atoms with Crippen molar-refractivity contribution in [1.29, 1.82) is 0 Å². The number of methoxy groups -OCH3 is 1. The van der Waals surface area contributed by atoms with E-state index in [4.69, 9.17) is 14.2 Å². The first kappa shape index (κ1) is 21.2. The maximum absolute atomic E-state index is 12.2. The van der Waals surface area contributed by atoms with Crippen LogP contribution in [0.15, 0.2) is 42.5 Å². The maximum atomic E-state index is 12.2. The number of benzene rings is 2. The Bertz CT molecular complexity index is 926. The number of hydrogen-bond acceptors (Lipinski definition) is 6. The molecule has 1 saturated heterocycles. The van der Waals surface area contributed by atoms with Crippen molar-refractivity contribution in [2.45, 2.75) is 19.8 Å². The van der Waals surface area contributed by atoms with E-state index in [0.717, 1.165) is 12.1 Å². The minimum atomic E-state index is -0.642. The van der Waals surface area contributed by atoms with Crippen LogP contribution in [0.5, 0.6) is 11.5 Å². The molecule has 2 amide bonds. The van der Waals surface area contributed by atoms with Gasteiger partial charge < -0.3 is 24.4 Å². The van der Waals surface area contributed by atoms with E-state index < -0.39 is 18.5 Å². The van der Waals surface area contributed by atoms with Gasteiger partial charge in [0.1, 0.15) is 0 Å². The lowest BCUT2D eigenvalue weighted by atomic mass is 10.2. The molecule has 0 saturated carbocycles. The van der Waals surface area contributed by atoms with Crippen LogP contribution in [0.4, 0.5) is 11.4 Å². The molecule has 0 aromatic heterocycles. The van der Waals surface area contributed by atoms with E-state index in [2.05, 4.69) is 5.32 Å². The SMILES string of the molecule is CCOc1cc(C(=O)OCC(=O)Nc2ccc(N3CCCC3=O)cc2)ccc1OC. The summed E-state index contributed by atoms with van der Waals surface area (Å²) in [4.78, 5) is 37.9. The number of ether oxygens (including phenoxy) is 3. The summed E-state index contributed by atoms with van der Waals surface area (Å²) in [6.07, 6.45) is 1.41. The summed E-state index contributed by atoms with van der Waals surface area (Å²) in [6.45, 7) is 2.52. The highest BCUT2D eigenvalue weighted by atomic mass is 16.5. The summed E-state index contributed by atoms with van der Waals surface area (Å²) in [5.74, 6) is -0.0750. The monoisotopic (exact) mass is 412 g/mol. The first-order valence-electron chi connectivity index (χ1n) is 9.70. The Balaban J connectivity index is 1.53. The van der Waals surface area contributed by atoms with Gasteiger partial charge in [-0.3, -0.25) is 9.59 Å². The number of nitrogens with zero attached hydrogens (tertiary/aromatic N) is 1. The quantitative estimate of drug-likeness (QED) is 0.670. The Kier molecular flexibility index (Phi) is 6.90. The number of rotatable bonds is 8. The molecule has 0 bridgehead atoms. The van der Waals surface area contributed by atoms with Gasteiger partial charge in [0.25, 0.3) is 5.91 Å². The standard InChI is InChI=1S/C22H24N2O6/c1-3-29-19-13-15(6-11-18(19)28-2)22(27)30-14-20(25)23-16-7-9-17(10-8-16)24-12-4-5-21(24)26/h6-11,13H,3-5,12,14H2,1-2H3,(H,23,25). The van der Waals surface area contributed by atoms with Gasteiger partial charge in [-0.1, -0.05) is 0 Å². The second-order valence-electron chi connectivity index (χ2n) is 6.62. The third kappa shape index (κ3) is 5.08. The number of amides is 2. The molecular formula is C22H24N2O6. The molecule has 0 spiro atoms. The van der Waals surface area contributed by atoms with Crippen LogP contribution in [-0.4, -0.2) is 44.7 Å². The summed E-state index contributed by atoms with van der Waals surface area (Å²) in [5, 5.41) is 2.66. The van der Waals surface area contributed by atoms with Crippen molar-refractivity contribution in [3.05, 3.63) is 48.0 Å². The average molecular weight is 412 g/mol. The van der Waals surface area contributed by atoms with Crippen LogP contribution < -0.4 is 19.7 Å². The second kappa shape index (κ2) is 9.78. The number of nitrogens with one attached hydrogen (secondary N) is 1. The minimum absolute atomic E-state index is 0.102. The number of anilines is 2. The van der Waals surface area contributed by atoms with Crippen LogP contribution in [0, 0.1) is 0 Å². The highest BCUT2D eigenvalue weighted by Crippen LogP contribution is 2.28. The summed E-state index contributed by atoms with van der Waals surface area (Å²) >= 11 is 0. The fourth-order valence-electron chi connectivity index (χ4n) is 3.13. The Morgan fingerprint density at radius 3 is 2.50 bits per heavy atom. The van der Waals surface area contributed by atoms with Crippen molar-refractivity contribution in [2.24, 2.45) is 0 Å². The first-order chi connectivity index (χ1) is 14.5. The van der Waals surface area contributed by atoms with Crippen LogP contribution in [0.1, 0.15) is 30.1 Å². The number of esters is 1. The minimum Gasteiger partial charge on any atom is -0.493 e. The van der Waals surface area contributed by atoms with Crippen LogP contribution in [0.25, 0.3) is 0 Å². The lowest BCUT2D eigenvalue weighted by Gasteiger charge is -2.16. The first-order valence-corrected chi connectivity index (χ1v) is 9.70. The Morgan fingerprint density at radius 2 is 1.87 bits per heavy atom. The van der Waals surface area contributed by atoms with Gasteiger partial charge in [0.05, 0.1) is 19.3 Å². The third-order valence-electron chi connectivity index (χ3n) is 4.57. The van der Waals surface area contributed by atoms with E-state index in [1.807, 2.05) is 6.92 Å². The molecule has 2 aromatic rings. The van der Waals surface area contributed by atoms with E-state index in [1.165, 1.54) is 13.2 Å². The number of carbonyl (C=O) groups is 3. The molecule has 2 aromatic carbocycles. The van der Waals surface area contributed by atoms with Crippen molar-refractivity contribution in [3.8, 4) is 11.5 Å². The highest BCUT2D eigenvalue weighted by Gasteiger charge is 2.21. The molecule has 158 valence electrons. The molecule has 1 fully saturated rings. The van der Waals surface area contributed by atoms with Crippen molar-refractivity contribution in [3.63, 3.8) is 0 Å². The Hall–Kier alpha value is -3.55. The number of hydrogen-bond donors (Lipinski definition) is 1. The van der Waals surface area contributed by atoms with Gasteiger partial charge in [-0.2, -0.15) is 0 Å². The molecular weight excluding hydrogens is 388 g/mol. The van der Waals surface area contributed by atoms with Crippen molar-refractivity contribution in [1.82, 2.24) is 0 Å². The Labute approximate surface area is 174 Å². The van der Waals surface area contributed by atoms with E-state index in [1.54, 1.807) is 41.3 Å². The van der Waals surface area contributed by atoms with Gasteiger partial charge in [-0.15, -0.1) is 0 Å². The van der Waals surface area contributed by atoms with Gasteiger partial charge in [0.15, 0.2) is 18.1 Å². The lowest BCUT2D eigenvalue weighted by molar-refractivity contribution is -0.119. The van der Waals surface area contributed by atoms with Gasteiger partial charge in [-0.05, 0) is 55.8 Å². The van der Waals surface area contributed by atoms with Gasteiger partial charge in [0.2, 0.25) is 5.91 Å². The van der Waals surface area contributed by atoms with Crippen LogP contribution in [-0.2, 0) is 14.3 Å². The molecule has 0 unspecified atom stereocenters. The summed E-state index contributed by atoms with van der Waals surface area (Å²) in [6, 6.07) is 11.6. The normalized spacial score (nSPS) is 13.1. The molecule has 0 radical (unpaired) electrons. The van der Waals surface area contributed by atoms with Crippen LogP contribution >= 0.6 is 0 Å².